The van der Waals surface area contributed by atoms with Crippen LogP contribution in [-0.2, 0) is 4.79 Å². The van der Waals surface area contributed by atoms with Crippen molar-refractivity contribution in [1.82, 2.24) is 4.90 Å². The molecular formula is C26H36FN3O2. The lowest BCUT2D eigenvalue weighted by Crippen LogP contribution is -2.31. The van der Waals surface area contributed by atoms with Crippen LogP contribution in [0.3, 0.4) is 0 Å². The minimum absolute atomic E-state index is 0. The lowest BCUT2D eigenvalue weighted by molar-refractivity contribution is -0.120. The number of likely N-dealkylation sites (N-methyl/N-ethyl adjacent to an activating group) is 1. The summed E-state index contributed by atoms with van der Waals surface area (Å²) >= 11 is 0. The Bertz CT molecular complexity index is 946. The molecule has 1 unspecified atom stereocenters. The third-order valence-corrected chi connectivity index (χ3v) is 6.99. The number of anilines is 2. The quantitative estimate of drug-likeness (QED) is 0.635. The summed E-state index contributed by atoms with van der Waals surface area (Å²) in [5, 5.41) is 3.05. The summed E-state index contributed by atoms with van der Waals surface area (Å²) in [6, 6.07) is 14.4. The maximum atomic E-state index is 13.1. The molecule has 32 heavy (non-hydrogen) atoms. The van der Waals surface area contributed by atoms with E-state index in [1.165, 1.54) is 17.8 Å². The van der Waals surface area contributed by atoms with Gasteiger partial charge in [-0.25, -0.2) is 4.39 Å². The van der Waals surface area contributed by atoms with Crippen LogP contribution >= 0.6 is 0 Å². The van der Waals surface area contributed by atoms with E-state index >= 15 is 0 Å². The summed E-state index contributed by atoms with van der Waals surface area (Å²) in [6.07, 6.45) is 3.94. The molecule has 1 saturated heterocycles. The summed E-state index contributed by atoms with van der Waals surface area (Å²) in [4.78, 5) is 30.1. The molecule has 2 aliphatic rings. The van der Waals surface area contributed by atoms with E-state index < -0.39 is 0 Å². The number of carbonyl (C=O) groups is 2. The summed E-state index contributed by atoms with van der Waals surface area (Å²) < 4.78 is 13.1. The van der Waals surface area contributed by atoms with E-state index in [-0.39, 0.29) is 32.2 Å². The van der Waals surface area contributed by atoms with Crippen molar-refractivity contribution in [3.8, 4) is 0 Å². The Hall–Kier alpha value is -2.73. The zero-order valence-corrected chi connectivity index (χ0v) is 18.9. The molecule has 2 aromatic carbocycles. The fourth-order valence-corrected chi connectivity index (χ4v) is 4.87. The first kappa shape index (κ1) is 22.5. The summed E-state index contributed by atoms with van der Waals surface area (Å²) in [5.41, 5.74) is 2.55. The number of nitrogens with zero attached hydrogens (tertiary/aromatic N) is 2. The Kier molecular flexibility index (Phi) is 6.89. The third kappa shape index (κ3) is 5.18. The Morgan fingerprint density at radius 2 is 1.56 bits per heavy atom. The third-order valence-electron chi connectivity index (χ3n) is 6.99. The number of ketones is 1. The summed E-state index contributed by atoms with van der Waals surface area (Å²) in [7, 11) is 4.25. The molecule has 1 heterocycles. The fourth-order valence-electron chi connectivity index (χ4n) is 4.87. The van der Waals surface area contributed by atoms with Crippen LogP contribution in [0.1, 0.15) is 45.3 Å². The van der Waals surface area contributed by atoms with Crippen LogP contribution in [0.15, 0.2) is 48.5 Å². The predicted molar refractivity (Wildman–Crippen MR) is 130 cm³/mol. The molecule has 1 amide bonds. The number of hydrogen-bond acceptors (Lipinski definition) is 4. The standard InChI is InChI=1S/C26H32FN3O2.2H2/c1-29(2)24-15-16-30(17-24)23-13-11-22(12-14-23)28-26(32)20-5-3-18(4-6-20)25(31)19-7-9-21(27)10-8-19;;/h7-14,18,20,24H,3-6,15-17H2,1-2H3,(H,28,32);2*1H. The Morgan fingerprint density at radius 1 is 0.938 bits per heavy atom. The number of amides is 1. The number of carbonyl (C=O) groups excluding carboxylic acids is 2. The lowest BCUT2D eigenvalue weighted by Gasteiger charge is -2.27. The molecule has 1 saturated carbocycles. The molecule has 5 nitrogen and oxygen atoms in total. The van der Waals surface area contributed by atoms with E-state index in [1.807, 2.05) is 12.1 Å². The van der Waals surface area contributed by atoms with Gasteiger partial charge in [-0.1, -0.05) is 0 Å². The van der Waals surface area contributed by atoms with Gasteiger partial charge >= 0.3 is 0 Å². The van der Waals surface area contributed by atoms with Gasteiger partial charge in [-0.15, -0.1) is 0 Å². The molecule has 1 aliphatic carbocycles. The van der Waals surface area contributed by atoms with Crippen molar-refractivity contribution in [1.29, 1.82) is 0 Å². The van der Waals surface area contributed by atoms with Gasteiger partial charge in [-0.3, -0.25) is 9.59 Å². The Balaban J connectivity index is 0.00000204. The van der Waals surface area contributed by atoms with E-state index in [1.54, 1.807) is 12.1 Å². The highest BCUT2D eigenvalue weighted by Crippen LogP contribution is 2.32. The number of Topliss-reactive ketones (excluding diaryl/α,β-unsaturated/α-hetero) is 1. The molecule has 6 heteroatoms. The zero-order valence-electron chi connectivity index (χ0n) is 18.9. The van der Waals surface area contributed by atoms with Crippen LogP contribution in [0.4, 0.5) is 15.8 Å². The van der Waals surface area contributed by atoms with E-state index in [0.29, 0.717) is 37.3 Å². The van der Waals surface area contributed by atoms with Crippen LogP contribution in [0.25, 0.3) is 0 Å². The largest absolute Gasteiger partial charge is 0.370 e. The molecule has 4 rings (SSSR count). The highest BCUT2D eigenvalue weighted by molar-refractivity contribution is 5.98. The number of halogens is 1. The van der Waals surface area contributed by atoms with Crippen molar-refractivity contribution < 1.29 is 16.8 Å². The average molecular weight is 442 g/mol. The molecular weight excluding hydrogens is 405 g/mol. The molecule has 0 spiro atoms. The first-order chi connectivity index (χ1) is 15.4. The lowest BCUT2D eigenvalue weighted by atomic mass is 9.78. The molecule has 0 radical (unpaired) electrons. The van der Waals surface area contributed by atoms with Crippen LogP contribution in [0.5, 0.6) is 0 Å². The number of nitrogens with one attached hydrogen (secondary N) is 1. The summed E-state index contributed by atoms with van der Waals surface area (Å²) in [6.45, 7) is 2.08. The summed E-state index contributed by atoms with van der Waals surface area (Å²) in [5.74, 6) is -0.424. The van der Waals surface area contributed by atoms with Crippen LogP contribution < -0.4 is 10.2 Å². The predicted octanol–water partition coefficient (Wildman–Crippen LogP) is 5.09. The molecule has 1 N–H and O–H groups in total. The van der Waals surface area contributed by atoms with Gasteiger partial charge in [-0.05, 0) is 94.7 Å². The molecule has 1 atom stereocenters. The number of hydrogen-bond donors (Lipinski definition) is 1. The molecule has 1 aliphatic heterocycles. The second-order valence-electron chi connectivity index (χ2n) is 9.31. The van der Waals surface area contributed by atoms with Gasteiger partial charge in [0.15, 0.2) is 5.78 Å². The monoisotopic (exact) mass is 441 g/mol. The highest BCUT2D eigenvalue weighted by atomic mass is 19.1. The van der Waals surface area contributed by atoms with Crippen molar-refractivity contribution in [2.45, 2.75) is 38.1 Å². The first-order valence-corrected chi connectivity index (χ1v) is 11.5. The van der Waals surface area contributed by atoms with E-state index in [2.05, 4.69) is 41.3 Å². The van der Waals surface area contributed by atoms with E-state index in [9.17, 15) is 14.0 Å². The molecule has 0 aromatic heterocycles. The topological polar surface area (TPSA) is 52.6 Å². The van der Waals surface area contributed by atoms with Crippen LogP contribution in [0.2, 0.25) is 0 Å². The second-order valence-corrected chi connectivity index (χ2v) is 9.31. The minimum Gasteiger partial charge on any atom is -0.370 e. The van der Waals surface area contributed by atoms with Crippen molar-refractivity contribution in [3.63, 3.8) is 0 Å². The molecule has 2 aromatic rings. The van der Waals surface area contributed by atoms with Crippen molar-refractivity contribution in [2.75, 3.05) is 37.4 Å². The maximum Gasteiger partial charge on any atom is 0.227 e. The SMILES string of the molecule is CN(C)C1CCN(c2ccc(NC(=O)C3CCC(C(=O)c4ccc(F)cc4)CC3)cc2)C1.[HH].[HH]. The zero-order chi connectivity index (χ0) is 22.7. The van der Waals surface area contributed by atoms with Crippen LogP contribution in [-0.4, -0.2) is 49.8 Å². The van der Waals surface area contributed by atoms with E-state index in [0.717, 1.165) is 25.2 Å². The Labute approximate surface area is 192 Å². The van der Waals surface area contributed by atoms with Crippen molar-refractivity contribution in [2.24, 2.45) is 11.8 Å². The first-order valence-electron chi connectivity index (χ1n) is 11.5. The Morgan fingerprint density at radius 3 is 2.16 bits per heavy atom. The fraction of sp³-hybridized carbons (Fsp3) is 0.462. The van der Waals surface area contributed by atoms with Crippen LogP contribution in [0, 0.1) is 17.7 Å². The van der Waals surface area contributed by atoms with E-state index in [4.69, 9.17) is 0 Å². The molecule has 0 bridgehead atoms. The van der Waals surface area contributed by atoms with Gasteiger partial charge < -0.3 is 15.1 Å². The second kappa shape index (κ2) is 9.82. The smallest absolute Gasteiger partial charge is 0.227 e. The average Bonchev–Trinajstić information content (AvgIpc) is 3.30. The van der Waals surface area contributed by atoms with Crippen molar-refractivity contribution >= 4 is 23.1 Å². The van der Waals surface area contributed by atoms with Gasteiger partial charge in [0.1, 0.15) is 5.82 Å². The normalized spacial score (nSPS) is 23.4. The van der Waals surface area contributed by atoms with Gasteiger partial charge in [0.05, 0.1) is 0 Å². The van der Waals surface area contributed by atoms with Gasteiger partial charge in [0.2, 0.25) is 5.91 Å². The van der Waals surface area contributed by atoms with Crippen molar-refractivity contribution in [3.05, 3.63) is 59.9 Å². The number of benzene rings is 2. The minimum atomic E-state index is -0.340. The molecule has 174 valence electrons. The maximum absolute atomic E-state index is 13.1. The molecule has 2 fully saturated rings. The van der Waals surface area contributed by atoms with Gasteiger partial charge in [0, 0.05) is 50.8 Å². The van der Waals surface area contributed by atoms with Gasteiger partial charge in [-0.2, -0.15) is 0 Å². The van der Waals surface area contributed by atoms with Gasteiger partial charge in [0.25, 0.3) is 0 Å². The number of rotatable bonds is 6. The highest BCUT2D eigenvalue weighted by Gasteiger charge is 2.30.